The predicted molar refractivity (Wildman–Crippen MR) is 89.5 cm³/mol. The van der Waals surface area contributed by atoms with Gasteiger partial charge in [0, 0.05) is 11.8 Å². The normalized spacial score (nSPS) is 11.3. The van der Waals surface area contributed by atoms with Crippen molar-refractivity contribution in [1.82, 2.24) is 0 Å². The first-order valence-corrected chi connectivity index (χ1v) is 7.34. The maximum Gasteiger partial charge on any atom is 0.342 e. The van der Waals surface area contributed by atoms with Crippen LogP contribution in [0.1, 0.15) is 17.3 Å². The molecule has 1 N–H and O–H groups in total. The Bertz CT molecular complexity index is 715. The molecule has 0 aliphatic rings. The summed E-state index contributed by atoms with van der Waals surface area (Å²) in [7, 11) is 2.96. The van der Waals surface area contributed by atoms with E-state index in [0.29, 0.717) is 17.2 Å². The highest BCUT2D eigenvalue weighted by atomic mass is 16.5. The van der Waals surface area contributed by atoms with E-state index < -0.39 is 18.0 Å². The maximum absolute atomic E-state index is 12.3. The van der Waals surface area contributed by atoms with E-state index in [1.165, 1.54) is 27.2 Å². The van der Waals surface area contributed by atoms with Crippen LogP contribution in [0.3, 0.4) is 0 Å². The molecule has 2 aromatic rings. The highest BCUT2D eigenvalue weighted by molar-refractivity contribution is 5.98. The van der Waals surface area contributed by atoms with Crippen LogP contribution in [0.15, 0.2) is 48.5 Å². The molecule has 1 atom stereocenters. The minimum atomic E-state index is -0.954. The van der Waals surface area contributed by atoms with E-state index in [-0.39, 0.29) is 5.56 Å². The van der Waals surface area contributed by atoms with E-state index in [0.717, 1.165) is 0 Å². The average molecular weight is 329 g/mol. The molecule has 24 heavy (non-hydrogen) atoms. The Morgan fingerprint density at radius 3 is 2.33 bits per heavy atom. The Hall–Kier alpha value is -3.02. The van der Waals surface area contributed by atoms with Crippen LogP contribution in [0, 0.1) is 0 Å². The standard InChI is InChI=1S/C18H19NO5/c1-12(17(20)19-13-7-5-4-6-8-13)24-18(21)15-10-9-14(22-2)11-16(15)23-3/h4-12H,1-3H3,(H,19,20)/t12-/m0/s1. The van der Waals surface area contributed by atoms with Gasteiger partial charge in [-0.1, -0.05) is 18.2 Å². The van der Waals surface area contributed by atoms with E-state index in [1.807, 2.05) is 6.07 Å². The number of benzene rings is 2. The van der Waals surface area contributed by atoms with E-state index in [2.05, 4.69) is 5.32 Å². The van der Waals surface area contributed by atoms with Crippen LogP contribution < -0.4 is 14.8 Å². The number of esters is 1. The van der Waals surface area contributed by atoms with Crippen molar-refractivity contribution >= 4 is 17.6 Å². The lowest BCUT2D eigenvalue weighted by Crippen LogP contribution is -2.30. The first-order chi connectivity index (χ1) is 11.5. The Morgan fingerprint density at radius 2 is 1.71 bits per heavy atom. The Balaban J connectivity index is 2.04. The first-order valence-electron chi connectivity index (χ1n) is 7.34. The molecule has 0 fully saturated rings. The zero-order valence-electron chi connectivity index (χ0n) is 13.7. The zero-order chi connectivity index (χ0) is 17.5. The highest BCUT2D eigenvalue weighted by Gasteiger charge is 2.21. The van der Waals surface area contributed by atoms with Gasteiger partial charge in [-0.2, -0.15) is 0 Å². The molecule has 0 bridgehead atoms. The number of carbonyl (C=O) groups excluding carboxylic acids is 2. The highest BCUT2D eigenvalue weighted by Crippen LogP contribution is 2.25. The number of para-hydroxylation sites is 1. The largest absolute Gasteiger partial charge is 0.497 e. The summed E-state index contributed by atoms with van der Waals surface area (Å²) >= 11 is 0. The number of anilines is 1. The molecule has 0 saturated heterocycles. The van der Waals surface area contributed by atoms with Crippen LogP contribution in [0.25, 0.3) is 0 Å². The van der Waals surface area contributed by atoms with Crippen molar-refractivity contribution in [2.24, 2.45) is 0 Å². The quantitative estimate of drug-likeness (QED) is 0.825. The van der Waals surface area contributed by atoms with Gasteiger partial charge in [0.25, 0.3) is 5.91 Å². The summed E-state index contributed by atoms with van der Waals surface area (Å²) in [4.78, 5) is 24.4. The molecule has 2 aromatic carbocycles. The van der Waals surface area contributed by atoms with Gasteiger partial charge in [-0.05, 0) is 31.2 Å². The van der Waals surface area contributed by atoms with Crippen LogP contribution in [0.4, 0.5) is 5.69 Å². The van der Waals surface area contributed by atoms with Gasteiger partial charge in [0.1, 0.15) is 17.1 Å². The lowest BCUT2D eigenvalue weighted by Gasteiger charge is -2.15. The molecule has 126 valence electrons. The van der Waals surface area contributed by atoms with Crippen LogP contribution in [0.5, 0.6) is 11.5 Å². The zero-order valence-corrected chi connectivity index (χ0v) is 13.7. The monoisotopic (exact) mass is 329 g/mol. The van der Waals surface area contributed by atoms with Gasteiger partial charge in [0.05, 0.1) is 14.2 Å². The van der Waals surface area contributed by atoms with Crippen LogP contribution in [-0.4, -0.2) is 32.2 Å². The van der Waals surface area contributed by atoms with E-state index in [9.17, 15) is 9.59 Å². The lowest BCUT2D eigenvalue weighted by atomic mass is 10.2. The van der Waals surface area contributed by atoms with E-state index in [4.69, 9.17) is 14.2 Å². The van der Waals surface area contributed by atoms with Gasteiger partial charge in [-0.15, -0.1) is 0 Å². The molecule has 0 aliphatic carbocycles. The SMILES string of the molecule is COc1ccc(C(=O)O[C@@H](C)C(=O)Nc2ccccc2)c(OC)c1. The Morgan fingerprint density at radius 1 is 1.00 bits per heavy atom. The van der Waals surface area contributed by atoms with Crippen LogP contribution in [0.2, 0.25) is 0 Å². The molecular formula is C18H19NO5. The topological polar surface area (TPSA) is 73.9 Å². The molecule has 0 unspecified atom stereocenters. The fourth-order valence-corrected chi connectivity index (χ4v) is 2.01. The molecule has 6 nitrogen and oxygen atoms in total. The number of carbonyl (C=O) groups is 2. The van der Waals surface area contributed by atoms with Crippen LogP contribution >= 0.6 is 0 Å². The summed E-state index contributed by atoms with van der Waals surface area (Å²) in [5.41, 5.74) is 0.852. The van der Waals surface area contributed by atoms with E-state index in [1.54, 1.807) is 36.4 Å². The number of hydrogen-bond donors (Lipinski definition) is 1. The summed E-state index contributed by atoms with van der Waals surface area (Å²) < 4.78 is 15.5. The molecular weight excluding hydrogens is 310 g/mol. The molecule has 0 aliphatic heterocycles. The number of nitrogens with one attached hydrogen (secondary N) is 1. The van der Waals surface area contributed by atoms with Crippen molar-refractivity contribution in [3.05, 3.63) is 54.1 Å². The second-order valence-electron chi connectivity index (χ2n) is 4.97. The first kappa shape index (κ1) is 17.3. The minimum absolute atomic E-state index is 0.220. The molecule has 0 saturated carbocycles. The molecule has 0 radical (unpaired) electrons. The van der Waals surface area contributed by atoms with Gasteiger partial charge in [-0.25, -0.2) is 4.79 Å². The number of methoxy groups -OCH3 is 2. The number of hydrogen-bond acceptors (Lipinski definition) is 5. The average Bonchev–Trinajstić information content (AvgIpc) is 2.61. The van der Waals surface area contributed by atoms with Gasteiger partial charge >= 0.3 is 5.97 Å². The molecule has 0 spiro atoms. The third-order valence-electron chi connectivity index (χ3n) is 3.32. The molecule has 2 rings (SSSR count). The summed E-state index contributed by atoms with van der Waals surface area (Å²) in [6.07, 6.45) is -0.954. The smallest absolute Gasteiger partial charge is 0.342 e. The van der Waals surface area contributed by atoms with Crippen molar-refractivity contribution in [3.8, 4) is 11.5 Å². The van der Waals surface area contributed by atoms with Gasteiger partial charge in [0.15, 0.2) is 6.10 Å². The fourth-order valence-electron chi connectivity index (χ4n) is 2.01. The van der Waals surface area contributed by atoms with Crippen molar-refractivity contribution in [2.75, 3.05) is 19.5 Å². The lowest BCUT2D eigenvalue weighted by molar-refractivity contribution is -0.123. The Kier molecular flexibility index (Phi) is 5.78. The van der Waals surface area contributed by atoms with E-state index >= 15 is 0 Å². The van der Waals surface area contributed by atoms with Crippen LogP contribution in [-0.2, 0) is 9.53 Å². The third-order valence-corrected chi connectivity index (χ3v) is 3.32. The fraction of sp³-hybridized carbons (Fsp3) is 0.222. The van der Waals surface area contributed by atoms with Crippen molar-refractivity contribution in [3.63, 3.8) is 0 Å². The summed E-state index contributed by atoms with van der Waals surface area (Å²) in [5, 5.41) is 2.68. The van der Waals surface area contributed by atoms with Crippen molar-refractivity contribution < 1.29 is 23.8 Å². The van der Waals surface area contributed by atoms with Crippen molar-refractivity contribution in [2.45, 2.75) is 13.0 Å². The number of ether oxygens (including phenoxy) is 3. The van der Waals surface area contributed by atoms with Gasteiger partial charge in [-0.3, -0.25) is 4.79 Å². The second-order valence-corrected chi connectivity index (χ2v) is 4.97. The second kappa shape index (κ2) is 8.01. The Labute approximate surface area is 140 Å². The number of rotatable bonds is 6. The van der Waals surface area contributed by atoms with Gasteiger partial charge < -0.3 is 19.5 Å². The van der Waals surface area contributed by atoms with Gasteiger partial charge in [0.2, 0.25) is 0 Å². The molecule has 0 aromatic heterocycles. The summed E-state index contributed by atoms with van der Waals surface area (Å²) in [6.45, 7) is 1.51. The molecule has 0 heterocycles. The summed E-state index contributed by atoms with van der Waals surface area (Å²) in [5.74, 6) is -0.194. The third kappa shape index (κ3) is 4.25. The molecule has 6 heteroatoms. The predicted octanol–water partition coefficient (Wildman–Crippen LogP) is 2.89. The van der Waals surface area contributed by atoms with Crippen molar-refractivity contribution in [1.29, 1.82) is 0 Å². The summed E-state index contributed by atoms with van der Waals surface area (Å²) in [6, 6.07) is 13.7. The molecule has 1 amide bonds. The minimum Gasteiger partial charge on any atom is -0.497 e. The number of amides is 1. The maximum atomic E-state index is 12.3.